The smallest absolute Gasteiger partial charge is 0.159 e. The third-order valence-electron chi connectivity index (χ3n) is 22.2. The van der Waals surface area contributed by atoms with Crippen molar-refractivity contribution in [3.63, 3.8) is 0 Å². The van der Waals surface area contributed by atoms with Gasteiger partial charge in [0.1, 0.15) is 98.9 Å². The van der Waals surface area contributed by atoms with Crippen LogP contribution in [0.4, 0.5) is 0 Å². The Bertz CT molecular complexity index is 4430. The van der Waals surface area contributed by atoms with Crippen molar-refractivity contribution in [1.29, 1.82) is 0 Å². The maximum absolute atomic E-state index is 12.8. The van der Waals surface area contributed by atoms with Gasteiger partial charge in [0, 0.05) is 190 Å². The molecular weight excluding hydrogens is 1760 g/mol. The first-order chi connectivity index (χ1) is 61.8. The van der Waals surface area contributed by atoms with E-state index < -0.39 is 0 Å². The van der Waals surface area contributed by atoms with Gasteiger partial charge in [-0.05, 0) is 167 Å². The zero-order valence-corrected chi connectivity index (χ0v) is 79.8. The standard InChI is InChI=1S/2C52H64O12.2Cu/c2*1-33(53)47(34(2)54)27-37-23-43-29-39-11-9-13-41(49(39)61-19-15-57-5)31-45-25-38(28-48(35(3)55)36(4)56)26-46(52(45)64-22-18-60-8)32-42-14-10-12-40(50(42)62-20-16-58-6)30-44(24-37)51(43)63-21-17-59-7;;/h2*9-14,23-26,53,55H,15-22,27-32H2,1-8H3;;/b47-33-,48-35+;47-33-,48-35-;;. The summed E-state index contributed by atoms with van der Waals surface area (Å²) in [4.78, 5) is 51.4. The molecule has 4 N–H and O–H groups in total. The molecule has 16 bridgehead atoms. The van der Waals surface area contributed by atoms with Crippen LogP contribution in [-0.4, -0.2) is 206 Å². The van der Waals surface area contributed by atoms with E-state index in [2.05, 4.69) is 0 Å². The quantitative estimate of drug-likeness (QED) is 0.0119. The molecule has 0 unspecified atom stereocenters. The van der Waals surface area contributed by atoms with Crippen molar-refractivity contribution in [1.82, 2.24) is 0 Å². The maximum Gasteiger partial charge on any atom is 0.159 e. The number of aliphatic hydroxyl groups excluding tert-OH is 4. The zero-order chi connectivity index (χ0) is 92.3. The molecule has 10 rings (SSSR count). The first kappa shape index (κ1) is 107. The van der Waals surface area contributed by atoms with Crippen LogP contribution < -0.4 is 37.9 Å². The van der Waals surface area contributed by atoms with Crippen LogP contribution in [0.25, 0.3) is 0 Å². The average molecular weight is 1890 g/mol. The molecule has 0 amide bonds. The number of para-hydroxylation sites is 4. The summed E-state index contributed by atoms with van der Waals surface area (Å²) in [6.45, 7) is 17.2. The Labute approximate surface area is 786 Å². The number of allylic oxidation sites excluding steroid dienone is 8. The number of hydrogen-bond acceptors (Lipinski definition) is 24. The van der Waals surface area contributed by atoms with Crippen molar-refractivity contribution in [3.8, 4) is 46.0 Å². The van der Waals surface area contributed by atoms with Gasteiger partial charge in [-0.25, -0.2) is 0 Å². The molecule has 0 saturated heterocycles. The van der Waals surface area contributed by atoms with Crippen molar-refractivity contribution in [3.05, 3.63) is 278 Å². The fraction of sp³-hybridized carbons (Fsp3) is 0.423. The Kier molecular flexibility index (Phi) is 44.8. The number of fused-ring (bicyclic) bond motifs is 16. The van der Waals surface area contributed by atoms with E-state index in [1.54, 1.807) is 56.9 Å². The Morgan fingerprint density at radius 3 is 0.446 bits per heavy atom. The molecule has 8 aromatic carbocycles. The van der Waals surface area contributed by atoms with E-state index in [4.69, 9.17) is 75.8 Å². The Morgan fingerprint density at radius 2 is 0.338 bits per heavy atom. The number of methoxy groups -OCH3 is 8. The number of rotatable bonds is 44. The predicted molar refractivity (Wildman–Crippen MR) is 492 cm³/mol. The van der Waals surface area contributed by atoms with Crippen LogP contribution in [0, 0.1) is 0 Å². The summed E-state index contributed by atoms with van der Waals surface area (Å²) in [5, 5.41) is 42.6. The van der Waals surface area contributed by atoms with Gasteiger partial charge >= 0.3 is 0 Å². The van der Waals surface area contributed by atoms with Crippen molar-refractivity contribution in [2.24, 2.45) is 0 Å². The molecule has 2 aliphatic carbocycles. The minimum atomic E-state index is -0.210. The summed E-state index contributed by atoms with van der Waals surface area (Å²) < 4.78 is 96.7. The number of aliphatic hydroxyl groups is 4. The van der Waals surface area contributed by atoms with Gasteiger partial charge in [0.25, 0.3) is 0 Å². The predicted octanol–water partition coefficient (Wildman–Crippen LogP) is 16.8. The Morgan fingerprint density at radius 1 is 0.215 bits per heavy atom. The number of ketones is 4. The molecule has 710 valence electrons. The number of Topliss-reactive ketones (excluding diaryl/α,β-unsaturated/α-hetero) is 4. The van der Waals surface area contributed by atoms with Gasteiger partial charge in [0.05, 0.1) is 75.9 Å². The molecule has 0 fully saturated rings. The van der Waals surface area contributed by atoms with Gasteiger partial charge in [-0.1, -0.05) is 121 Å². The third-order valence-corrected chi connectivity index (χ3v) is 22.2. The van der Waals surface area contributed by atoms with Crippen LogP contribution in [0.15, 0.2) is 167 Å². The second kappa shape index (κ2) is 54.5. The summed E-state index contributed by atoms with van der Waals surface area (Å²) in [5.74, 6) is 4.52. The fourth-order valence-electron chi connectivity index (χ4n) is 16.2. The van der Waals surface area contributed by atoms with Gasteiger partial charge in [0.2, 0.25) is 0 Å². The number of carbonyl (C=O) groups excluding carboxylic acids is 4. The summed E-state index contributed by atoms with van der Waals surface area (Å²) in [5.41, 5.74) is 18.6. The number of ether oxygens (including phenoxy) is 16. The van der Waals surface area contributed by atoms with Crippen LogP contribution >= 0.6 is 0 Å². The molecule has 8 aromatic rings. The largest absolute Gasteiger partial charge is 0.512 e. The Hall–Kier alpha value is -10.3. The number of benzene rings is 8. The molecule has 2 aliphatic rings. The van der Waals surface area contributed by atoms with E-state index in [9.17, 15) is 39.6 Å². The van der Waals surface area contributed by atoms with Crippen molar-refractivity contribution in [2.75, 3.05) is 163 Å². The Balaban J connectivity index is 0.000000350. The molecule has 2 radical (unpaired) electrons. The van der Waals surface area contributed by atoms with Crippen LogP contribution in [0.2, 0.25) is 0 Å². The molecule has 24 nitrogen and oxygen atoms in total. The molecule has 0 aromatic heterocycles. The van der Waals surface area contributed by atoms with E-state index >= 15 is 0 Å². The van der Waals surface area contributed by atoms with Gasteiger partial charge < -0.3 is 96.2 Å². The van der Waals surface area contributed by atoms with Crippen molar-refractivity contribution in [2.45, 2.75) is 132 Å². The van der Waals surface area contributed by atoms with Gasteiger partial charge in [0.15, 0.2) is 23.1 Å². The van der Waals surface area contributed by atoms with Crippen molar-refractivity contribution < 1.29 is 150 Å². The van der Waals surface area contributed by atoms with Crippen LogP contribution in [-0.2, 0) is 168 Å². The topological polar surface area (TPSA) is 297 Å². The first-order valence-corrected chi connectivity index (χ1v) is 43.3. The van der Waals surface area contributed by atoms with Crippen molar-refractivity contribution >= 4 is 23.1 Å². The number of carbonyl (C=O) groups is 4. The fourth-order valence-corrected chi connectivity index (χ4v) is 16.2. The molecule has 0 saturated carbocycles. The van der Waals surface area contributed by atoms with Crippen LogP contribution in [0.3, 0.4) is 0 Å². The van der Waals surface area contributed by atoms with E-state index in [0.717, 1.165) is 111 Å². The normalized spacial score (nSPS) is 12.9. The van der Waals surface area contributed by atoms with Crippen LogP contribution in [0.5, 0.6) is 46.0 Å². The second-order valence-corrected chi connectivity index (χ2v) is 31.9. The third kappa shape index (κ3) is 30.4. The molecule has 26 heteroatoms. The van der Waals surface area contributed by atoms with Gasteiger partial charge in [-0.15, -0.1) is 0 Å². The molecule has 0 atom stereocenters. The molecule has 0 heterocycles. The van der Waals surface area contributed by atoms with Crippen LogP contribution in [0.1, 0.15) is 167 Å². The summed E-state index contributed by atoms with van der Waals surface area (Å²) in [6.07, 6.45) is 3.95. The SMILES string of the molecule is COCCOc1c2cccc1Cc1cc(C/C(C(C)=O)=C(/C)O)cc(c1OCCOC)Cc1cccc(c1OCCOC)Cc1cc(C/C(C(C)=O)=C(\C)O)cc(c1OCCOC)C2.COCCOc1c2cccc1Cc1cc(C/C(C(C)=O)=C(\C)O)cc(c1OCCOC)Cc1cccc(c1OCCOC)Cc1cc(C/C(C(C)=O)=C(\C)O)cc(c1OCCOC)C2.[Cu].[Cu]. The molecule has 0 aliphatic heterocycles. The summed E-state index contributed by atoms with van der Waals surface area (Å²) >= 11 is 0. The van der Waals surface area contributed by atoms with E-state index in [1.807, 2.05) is 121 Å². The minimum absolute atomic E-state index is 0. The minimum Gasteiger partial charge on any atom is -0.512 e. The molecule has 130 heavy (non-hydrogen) atoms. The summed E-state index contributed by atoms with van der Waals surface area (Å²) in [7, 11) is 13.1. The van der Waals surface area contributed by atoms with E-state index in [-0.39, 0.29) is 159 Å². The van der Waals surface area contributed by atoms with E-state index in [1.165, 1.54) is 55.4 Å². The molecular formula is C104H128Cu2O24. The van der Waals surface area contributed by atoms with Gasteiger partial charge in [-0.3, -0.25) is 19.2 Å². The summed E-state index contributed by atoms with van der Waals surface area (Å²) in [6, 6.07) is 40.7. The van der Waals surface area contributed by atoms with Gasteiger partial charge in [-0.2, -0.15) is 0 Å². The second-order valence-electron chi connectivity index (χ2n) is 31.9. The maximum atomic E-state index is 12.8. The average Bonchev–Trinajstić information content (AvgIpc) is 0.770. The number of hydrogen-bond donors (Lipinski definition) is 4. The monoisotopic (exact) mass is 1890 g/mol. The first-order valence-electron chi connectivity index (χ1n) is 43.3. The zero-order valence-electron chi connectivity index (χ0n) is 77.9. The molecule has 0 spiro atoms. The van der Waals surface area contributed by atoms with E-state index in [0.29, 0.717) is 173 Å².